The molecule has 0 spiro atoms. The van der Waals surface area contributed by atoms with E-state index in [0.717, 1.165) is 0 Å². The van der Waals surface area contributed by atoms with E-state index in [9.17, 15) is 9.18 Å². The van der Waals surface area contributed by atoms with Gasteiger partial charge in [-0.05, 0) is 25.1 Å². The van der Waals surface area contributed by atoms with Gasteiger partial charge in [0.2, 0.25) is 0 Å². The molecular weight excluding hydrogens is 247 g/mol. The first kappa shape index (κ1) is 13.3. The molecule has 2 aromatic rings. The topological polar surface area (TPSA) is 42.4 Å². The predicted molar refractivity (Wildman–Crippen MR) is 72.0 cm³/mol. The molecule has 0 amide bonds. The van der Waals surface area contributed by atoms with Crippen molar-refractivity contribution in [2.45, 2.75) is 6.92 Å². The highest BCUT2D eigenvalue weighted by molar-refractivity contribution is 5.94. The number of hydrogen-bond acceptors (Lipinski definition) is 4. The van der Waals surface area contributed by atoms with Crippen LogP contribution in [0.4, 0.5) is 10.1 Å². The van der Waals surface area contributed by atoms with Crippen molar-refractivity contribution in [2.24, 2.45) is 0 Å². The molecule has 0 aliphatic carbocycles. The summed E-state index contributed by atoms with van der Waals surface area (Å²) in [6.07, 6.45) is 1.44. The van der Waals surface area contributed by atoms with Gasteiger partial charge in [0.05, 0.1) is 23.4 Å². The number of aromatic nitrogens is 1. The van der Waals surface area contributed by atoms with Crippen LogP contribution in [0.3, 0.4) is 0 Å². The van der Waals surface area contributed by atoms with Crippen molar-refractivity contribution in [1.82, 2.24) is 4.98 Å². The Bertz CT molecular complexity index is 626. The number of pyridine rings is 1. The number of rotatable bonds is 3. The lowest BCUT2D eigenvalue weighted by molar-refractivity contribution is 0.0526. The van der Waals surface area contributed by atoms with Gasteiger partial charge in [-0.25, -0.2) is 9.18 Å². The van der Waals surface area contributed by atoms with Crippen molar-refractivity contribution in [3.8, 4) is 0 Å². The number of esters is 1. The molecule has 0 radical (unpaired) electrons. The maximum Gasteiger partial charge on any atom is 0.339 e. The number of carbonyl (C=O) groups is 1. The van der Waals surface area contributed by atoms with E-state index in [0.29, 0.717) is 28.8 Å². The van der Waals surface area contributed by atoms with Crippen LogP contribution in [0, 0.1) is 5.82 Å². The van der Waals surface area contributed by atoms with Gasteiger partial charge >= 0.3 is 5.97 Å². The van der Waals surface area contributed by atoms with E-state index < -0.39 is 5.97 Å². The van der Waals surface area contributed by atoms with Crippen molar-refractivity contribution in [1.29, 1.82) is 0 Å². The van der Waals surface area contributed by atoms with E-state index in [-0.39, 0.29) is 5.82 Å². The van der Waals surface area contributed by atoms with Gasteiger partial charge in [0, 0.05) is 25.7 Å². The average Bonchev–Trinajstić information content (AvgIpc) is 2.37. The number of nitrogens with zero attached hydrogens (tertiary/aromatic N) is 2. The maximum atomic E-state index is 13.9. The second kappa shape index (κ2) is 5.22. The van der Waals surface area contributed by atoms with Gasteiger partial charge in [-0.15, -0.1) is 0 Å². The number of benzene rings is 1. The highest BCUT2D eigenvalue weighted by Crippen LogP contribution is 2.24. The highest BCUT2D eigenvalue weighted by atomic mass is 19.1. The van der Waals surface area contributed by atoms with Gasteiger partial charge in [0.25, 0.3) is 0 Å². The van der Waals surface area contributed by atoms with Gasteiger partial charge in [0.15, 0.2) is 0 Å². The second-order valence-corrected chi connectivity index (χ2v) is 4.34. The van der Waals surface area contributed by atoms with Crippen LogP contribution in [-0.4, -0.2) is 31.7 Å². The number of anilines is 1. The third-order valence-electron chi connectivity index (χ3n) is 2.74. The molecule has 1 aromatic carbocycles. The molecule has 0 aliphatic rings. The highest BCUT2D eigenvalue weighted by Gasteiger charge is 2.11. The second-order valence-electron chi connectivity index (χ2n) is 4.34. The quantitative estimate of drug-likeness (QED) is 0.797. The first-order valence-electron chi connectivity index (χ1n) is 5.96. The van der Waals surface area contributed by atoms with Crippen molar-refractivity contribution >= 4 is 22.6 Å². The van der Waals surface area contributed by atoms with Crippen LogP contribution in [-0.2, 0) is 4.74 Å². The molecule has 0 unspecified atom stereocenters. The zero-order valence-corrected chi connectivity index (χ0v) is 11.1. The standard InChI is InChI=1S/C14H15FN2O2/c1-4-19-14(18)10-5-9-6-11(15)13(17(2)3)7-12(9)16-8-10/h5-8H,4H2,1-3H3. The van der Waals surface area contributed by atoms with E-state index in [1.54, 1.807) is 38.1 Å². The molecule has 19 heavy (non-hydrogen) atoms. The molecule has 100 valence electrons. The molecule has 0 saturated carbocycles. The first-order chi connectivity index (χ1) is 9.02. The Morgan fingerprint density at radius 3 is 2.74 bits per heavy atom. The fraction of sp³-hybridized carbons (Fsp3) is 0.286. The lowest BCUT2D eigenvalue weighted by Gasteiger charge is -2.14. The summed E-state index contributed by atoms with van der Waals surface area (Å²) in [5.41, 5.74) is 1.42. The molecule has 0 N–H and O–H groups in total. The third kappa shape index (κ3) is 2.65. The van der Waals surface area contributed by atoms with Gasteiger partial charge in [0.1, 0.15) is 5.82 Å². The molecule has 0 fully saturated rings. The molecule has 1 heterocycles. The van der Waals surface area contributed by atoms with Gasteiger partial charge < -0.3 is 9.64 Å². The van der Waals surface area contributed by atoms with Gasteiger partial charge in [-0.3, -0.25) is 4.98 Å². The minimum Gasteiger partial charge on any atom is -0.462 e. The monoisotopic (exact) mass is 262 g/mol. The normalized spacial score (nSPS) is 10.5. The predicted octanol–water partition coefficient (Wildman–Crippen LogP) is 2.62. The van der Waals surface area contributed by atoms with Crippen molar-refractivity contribution < 1.29 is 13.9 Å². The van der Waals surface area contributed by atoms with Crippen molar-refractivity contribution in [3.05, 3.63) is 35.8 Å². The Morgan fingerprint density at radius 1 is 1.37 bits per heavy atom. The number of halogens is 1. The van der Waals surface area contributed by atoms with Crippen LogP contribution in [0.2, 0.25) is 0 Å². The van der Waals surface area contributed by atoms with Crippen LogP contribution in [0.15, 0.2) is 24.4 Å². The number of fused-ring (bicyclic) bond motifs is 1. The van der Waals surface area contributed by atoms with Crippen molar-refractivity contribution in [3.63, 3.8) is 0 Å². The molecule has 4 nitrogen and oxygen atoms in total. The number of hydrogen-bond donors (Lipinski definition) is 0. The van der Waals surface area contributed by atoms with E-state index in [2.05, 4.69) is 4.98 Å². The van der Waals surface area contributed by atoms with Crippen LogP contribution in [0.1, 0.15) is 17.3 Å². The lowest BCUT2D eigenvalue weighted by atomic mass is 10.1. The summed E-state index contributed by atoms with van der Waals surface area (Å²) in [5, 5.41) is 0.577. The SMILES string of the molecule is CCOC(=O)c1cnc2cc(N(C)C)c(F)cc2c1. The van der Waals surface area contributed by atoms with E-state index in [4.69, 9.17) is 4.74 Å². The summed E-state index contributed by atoms with van der Waals surface area (Å²) in [4.78, 5) is 17.4. The van der Waals surface area contributed by atoms with Crippen LogP contribution in [0.25, 0.3) is 10.9 Å². The Kier molecular flexibility index (Phi) is 3.64. The fourth-order valence-corrected chi connectivity index (χ4v) is 1.81. The molecule has 0 atom stereocenters. The van der Waals surface area contributed by atoms with E-state index in [1.165, 1.54) is 12.3 Å². The molecule has 0 saturated heterocycles. The van der Waals surface area contributed by atoms with Crippen LogP contribution in [0.5, 0.6) is 0 Å². The summed E-state index contributed by atoms with van der Waals surface area (Å²) in [6.45, 7) is 2.03. The maximum absolute atomic E-state index is 13.9. The van der Waals surface area contributed by atoms with Gasteiger partial charge in [-0.1, -0.05) is 0 Å². The largest absolute Gasteiger partial charge is 0.462 e. The van der Waals surface area contributed by atoms with E-state index >= 15 is 0 Å². The fourth-order valence-electron chi connectivity index (χ4n) is 1.81. The molecule has 0 bridgehead atoms. The average molecular weight is 262 g/mol. The summed E-state index contributed by atoms with van der Waals surface area (Å²) >= 11 is 0. The molecule has 5 heteroatoms. The molecule has 1 aromatic heterocycles. The Morgan fingerprint density at radius 2 is 2.11 bits per heavy atom. The summed E-state index contributed by atoms with van der Waals surface area (Å²) < 4.78 is 18.8. The first-order valence-corrected chi connectivity index (χ1v) is 5.96. The summed E-state index contributed by atoms with van der Waals surface area (Å²) in [7, 11) is 3.52. The molecular formula is C14H15FN2O2. The van der Waals surface area contributed by atoms with Gasteiger partial charge in [-0.2, -0.15) is 0 Å². The minimum atomic E-state index is -0.450. The zero-order valence-electron chi connectivity index (χ0n) is 11.1. The molecule has 2 rings (SSSR count). The smallest absolute Gasteiger partial charge is 0.339 e. The Balaban J connectivity index is 2.50. The summed E-state index contributed by atoms with van der Waals surface area (Å²) in [5.74, 6) is -0.797. The summed E-state index contributed by atoms with van der Waals surface area (Å²) in [6, 6.07) is 4.61. The van der Waals surface area contributed by atoms with Crippen LogP contribution >= 0.6 is 0 Å². The number of ether oxygens (including phenoxy) is 1. The van der Waals surface area contributed by atoms with Crippen molar-refractivity contribution in [2.75, 3.05) is 25.6 Å². The molecule has 0 aliphatic heterocycles. The lowest BCUT2D eigenvalue weighted by Crippen LogP contribution is -2.11. The Hall–Kier alpha value is -2.17. The zero-order chi connectivity index (χ0) is 14.0. The third-order valence-corrected chi connectivity index (χ3v) is 2.74. The Labute approximate surface area is 110 Å². The number of carbonyl (C=O) groups excluding carboxylic acids is 1. The van der Waals surface area contributed by atoms with Crippen LogP contribution < -0.4 is 4.90 Å². The minimum absolute atomic E-state index is 0.296. The van der Waals surface area contributed by atoms with E-state index in [1.807, 2.05) is 0 Å².